The normalized spacial score (nSPS) is 12.4. The topological polar surface area (TPSA) is 88.4 Å². The van der Waals surface area contributed by atoms with Crippen LogP contribution < -0.4 is 10.6 Å². The van der Waals surface area contributed by atoms with Gasteiger partial charge in [-0.05, 0) is 24.3 Å². The van der Waals surface area contributed by atoms with Crippen molar-refractivity contribution in [1.29, 1.82) is 0 Å². The van der Waals surface area contributed by atoms with Gasteiger partial charge in [-0.3, -0.25) is 0 Å². The molecule has 6 nitrogen and oxygen atoms in total. The lowest BCUT2D eigenvalue weighted by Crippen LogP contribution is -2.15. The van der Waals surface area contributed by atoms with Crippen LogP contribution in [0.25, 0.3) is 11.5 Å². The fourth-order valence-electron chi connectivity index (χ4n) is 1.49. The summed E-state index contributed by atoms with van der Waals surface area (Å²) in [6, 6.07) is 7.12. The molecule has 0 bridgehead atoms. The maximum atomic E-state index is 8.91. The second kappa shape index (κ2) is 5.16. The van der Waals surface area contributed by atoms with Crippen molar-refractivity contribution < 1.29 is 9.63 Å². The zero-order chi connectivity index (χ0) is 13.1. The summed E-state index contributed by atoms with van der Waals surface area (Å²) in [5.41, 5.74) is 7.52. The van der Waals surface area contributed by atoms with Crippen LogP contribution in [0.1, 0.15) is 11.9 Å². The van der Waals surface area contributed by atoms with E-state index in [2.05, 4.69) is 10.1 Å². The summed E-state index contributed by atoms with van der Waals surface area (Å²) in [7, 11) is 3.94. The van der Waals surface area contributed by atoms with Crippen LogP contribution >= 0.6 is 0 Å². The van der Waals surface area contributed by atoms with E-state index in [4.69, 9.17) is 15.4 Å². The van der Waals surface area contributed by atoms with Gasteiger partial charge in [0.25, 0.3) is 5.89 Å². The summed E-state index contributed by atoms with van der Waals surface area (Å²) in [4.78, 5) is 6.15. The number of hydrogen-bond acceptors (Lipinski definition) is 6. The lowest BCUT2D eigenvalue weighted by atomic mass is 10.2. The van der Waals surface area contributed by atoms with Crippen LogP contribution in [0.4, 0.5) is 5.69 Å². The Morgan fingerprint density at radius 2 is 2.00 bits per heavy atom. The van der Waals surface area contributed by atoms with Crippen molar-refractivity contribution in [1.82, 2.24) is 10.1 Å². The molecule has 0 amide bonds. The van der Waals surface area contributed by atoms with Gasteiger partial charge in [0, 0.05) is 25.3 Å². The fraction of sp³-hybridized carbons (Fsp3) is 0.333. The molecule has 1 heterocycles. The van der Waals surface area contributed by atoms with E-state index in [-0.39, 0.29) is 6.61 Å². The molecule has 1 unspecified atom stereocenters. The predicted molar refractivity (Wildman–Crippen MR) is 68.1 cm³/mol. The zero-order valence-electron chi connectivity index (χ0n) is 10.4. The summed E-state index contributed by atoms with van der Waals surface area (Å²) in [6.07, 6.45) is 0. The van der Waals surface area contributed by atoms with Gasteiger partial charge in [-0.1, -0.05) is 5.16 Å². The highest BCUT2D eigenvalue weighted by atomic mass is 16.5. The van der Waals surface area contributed by atoms with Gasteiger partial charge in [-0.25, -0.2) is 0 Å². The smallest absolute Gasteiger partial charge is 0.257 e. The second-order valence-electron chi connectivity index (χ2n) is 4.19. The first-order valence-electron chi connectivity index (χ1n) is 5.59. The summed E-state index contributed by atoms with van der Waals surface area (Å²) in [5.74, 6) is 0.711. The number of nitrogens with zero attached hydrogens (tertiary/aromatic N) is 3. The molecule has 0 saturated carbocycles. The molecular formula is C12H16N4O2. The first-order valence-corrected chi connectivity index (χ1v) is 5.59. The number of rotatable bonds is 4. The van der Waals surface area contributed by atoms with E-state index in [1.165, 1.54) is 0 Å². The number of anilines is 1. The van der Waals surface area contributed by atoms with Crippen LogP contribution in [0.3, 0.4) is 0 Å². The lowest BCUT2D eigenvalue weighted by Gasteiger charge is -2.11. The summed E-state index contributed by atoms with van der Waals surface area (Å²) >= 11 is 0. The van der Waals surface area contributed by atoms with Crippen molar-refractivity contribution in [3.05, 3.63) is 30.1 Å². The fourth-order valence-corrected chi connectivity index (χ4v) is 1.49. The highest BCUT2D eigenvalue weighted by Gasteiger charge is 2.14. The molecule has 6 heteroatoms. The van der Waals surface area contributed by atoms with Crippen LogP contribution in [-0.4, -0.2) is 35.9 Å². The molecule has 2 aromatic rings. The average Bonchev–Trinajstić information content (AvgIpc) is 2.87. The zero-order valence-corrected chi connectivity index (χ0v) is 10.4. The Bertz CT molecular complexity index is 507. The third kappa shape index (κ3) is 2.49. The minimum absolute atomic E-state index is 0.210. The quantitative estimate of drug-likeness (QED) is 0.831. The van der Waals surface area contributed by atoms with Gasteiger partial charge in [0.15, 0.2) is 5.82 Å². The molecule has 0 spiro atoms. The molecular weight excluding hydrogens is 232 g/mol. The minimum atomic E-state index is -0.608. The molecule has 18 heavy (non-hydrogen) atoms. The molecule has 1 aromatic heterocycles. The highest BCUT2D eigenvalue weighted by molar-refractivity contribution is 5.58. The lowest BCUT2D eigenvalue weighted by molar-refractivity contribution is 0.260. The molecule has 0 aliphatic carbocycles. The summed E-state index contributed by atoms with van der Waals surface area (Å²) < 4.78 is 5.11. The van der Waals surface area contributed by atoms with Crippen LogP contribution in [0.15, 0.2) is 28.8 Å². The third-order valence-corrected chi connectivity index (χ3v) is 2.60. The van der Waals surface area contributed by atoms with Gasteiger partial charge in [0.1, 0.15) is 0 Å². The molecule has 1 aromatic carbocycles. The molecule has 0 radical (unpaired) electrons. The van der Waals surface area contributed by atoms with E-state index in [0.29, 0.717) is 11.7 Å². The summed E-state index contributed by atoms with van der Waals surface area (Å²) in [6.45, 7) is -0.210. The van der Waals surface area contributed by atoms with Gasteiger partial charge in [0.05, 0.1) is 12.6 Å². The van der Waals surface area contributed by atoms with E-state index in [1.807, 2.05) is 43.3 Å². The Labute approximate surface area is 105 Å². The van der Waals surface area contributed by atoms with E-state index in [1.54, 1.807) is 0 Å². The Morgan fingerprint density at radius 1 is 1.33 bits per heavy atom. The molecule has 0 fully saturated rings. The van der Waals surface area contributed by atoms with Crippen molar-refractivity contribution in [2.24, 2.45) is 5.73 Å². The van der Waals surface area contributed by atoms with Crippen LogP contribution in [0.2, 0.25) is 0 Å². The Morgan fingerprint density at radius 3 is 2.56 bits per heavy atom. The van der Waals surface area contributed by atoms with Gasteiger partial charge in [-0.2, -0.15) is 4.98 Å². The Hall–Kier alpha value is -1.92. The van der Waals surface area contributed by atoms with Gasteiger partial charge >= 0.3 is 0 Å². The molecule has 96 valence electrons. The van der Waals surface area contributed by atoms with Gasteiger partial charge in [0.2, 0.25) is 0 Å². The maximum Gasteiger partial charge on any atom is 0.257 e. The first kappa shape index (κ1) is 12.5. The predicted octanol–water partition coefficient (Wildman–Crippen LogP) is 0.795. The minimum Gasteiger partial charge on any atom is -0.394 e. The molecule has 0 aliphatic rings. The first-order chi connectivity index (χ1) is 8.61. The molecule has 1 atom stereocenters. The largest absolute Gasteiger partial charge is 0.394 e. The average molecular weight is 248 g/mol. The van der Waals surface area contributed by atoms with Gasteiger partial charge in [-0.15, -0.1) is 0 Å². The maximum absolute atomic E-state index is 8.91. The van der Waals surface area contributed by atoms with Crippen LogP contribution in [0, 0.1) is 0 Å². The van der Waals surface area contributed by atoms with E-state index >= 15 is 0 Å². The Kier molecular flexibility index (Phi) is 3.59. The number of nitrogens with two attached hydrogens (primary N) is 1. The Balaban J connectivity index is 2.23. The summed E-state index contributed by atoms with van der Waals surface area (Å²) in [5, 5.41) is 12.7. The van der Waals surface area contributed by atoms with Crippen molar-refractivity contribution in [3.8, 4) is 11.5 Å². The standard InChI is InChI=1S/C12H16N4O2/c1-16(2)9-5-3-8(4-6-9)12-14-11(15-18-12)10(13)7-17/h3-6,10,17H,7,13H2,1-2H3. The number of aliphatic hydroxyl groups excluding tert-OH is 1. The monoisotopic (exact) mass is 248 g/mol. The van der Waals surface area contributed by atoms with Crippen molar-refractivity contribution in [3.63, 3.8) is 0 Å². The van der Waals surface area contributed by atoms with Crippen molar-refractivity contribution >= 4 is 5.69 Å². The SMILES string of the molecule is CN(C)c1ccc(-c2nc(C(N)CO)no2)cc1. The number of hydrogen-bond donors (Lipinski definition) is 2. The second-order valence-corrected chi connectivity index (χ2v) is 4.19. The molecule has 3 N–H and O–H groups in total. The van der Waals surface area contributed by atoms with E-state index in [0.717, 1.165) is 11.3 Å². The third-order valence-electron chi connectivity index (χ3n) is 2.60. The van der Waals surface area contributed by atoms with E-state index < -0.39 is 6.04 Å². The highest BCUT2D eigenvalue weighted by Crippen LogP contribution is 2.21. The van der Waals surface area contributed by atoms with Gasteiger partial charge < -0.3 is 20.3 Å². The van der Waals surface area contributed by atoms with Crippen LogP contribution in [-0.2, 0) is 0 Å². The molecule has 0 saturated heterocycles. The van der Waals surface area contributed by atoms with Crippen LogP contribution in [0.5, 0.6) is 0 Å². The molecule has 0 aliphatic heterocycles. The van der Waals surface area contributed by atoms with Crippen molar-refractivity contribution in [2.75, 3.05) is 25.6 Å². The van der Waals surface area contributed by atoms with E-state index in [9.17, 15) is 0 Å². The molecule has 2 rings (SSSR count). The number of benzene rings is 1. The number of aromatic nitrogens is 2. The number of aliphatic hydroxyl groups is 1. The van der Waals surface area contributed by atoms with Crippen molar-refractivity contribution in [2.45, 2.75) is 6.04 Å².